The molecule has 1 heterocycles. The number of phenols is 1. The lowest BCUT2D eigenvalue weighted by Crippen LogP contribution is -2.07. The van der Waals surface area contributed by atoms with Gasteiger partial charge < -0.3 is 14.4 Å². The standard InChI is InChI=1S/C19H20N2O2/c1-2-15-13-16(22)7-8-17(15)18-5-3-4-6-19(18)23-12-11-21-10-9-20-14-21/h3-10,13-14,22H,2,11-12H2,1H3. The van der Waals surface area contributed by atoms with E-state index in [1.807, 2.05) is 41.1 Å². The van der Waals surface area contributed by atoms with Crippen molar-refractivity contribution < 1.29 is 9.84 Å². The minimum absolute atomic E-state index is 0.295. The van der Waals surface area contributed by atoms with Crippen LogP contribution in [-0.2, 0) is 13.0 Å². The van der Waals surface area contributed by atoms with Crippen LogP contribution in [0.4, 0.5) is 0 Å². The van der Waals surface area contributed by atoms with Crippen molar-refractivity contribution in [3.05, 3.63) is 66.7 Å². The first-order chi connectivity index (χ1) is 11.3. The van der Waals surface area contributed by atoms with E-state index in [9.17, 15) is 5.11 Å². The van der Waals surface area contributed by atoms with E-state index >= 15 is 0 Å². The lowest BCUT2D eigenvalue weighted by Gasteiger charge is -2.14. The van der Waals surface area contributed by atoms with Crippen molar-refractivity contribution in [1.82, 2.24) is 9.55 Å². The molecule has 2 aromatic carbocycles. The zero-order valence-electron chi connectivity index (χ0n) is 13.1. The van der Waals surface area contributed by atoms with Crippen LogP contribution in [0.3, 0.4) is 0 Å². The summed E-state index contributed by atoms with van der Waals surface area (Å²) in [4.78, 5) is 4.03. The molecule has 0 radical (unpaired) electrons. The van der Waals surface area contributed by atoms with Crippen molar-refractivity contribution >= 4 is 0 Å². The fourth-order valence-corrected chi connectivity index (χ4v) is 2.63. The summed E-state index contributed by atoms with van der Waals surface area (Å²) in [6.45, 7) is 3.41. The molecule has 0 aliphatic rings. The van der Waals surface area contributed by atoms with Gasteiger partial charge in [0.25, 0.3) is 0 Å². The number of hydrogen-bond acceptors (Lipinski definition) is 3. The second-order valence-electron chi connectivity index (χ2n) is 5.34. The number of hydrogen-bond donors (Lipinski definition) is 1. The third-order valence-corrected chi connectivity index (χ3v) is 3.81. The molecule has 0 saturated carbocycles. The van der Waals surface area contributed by atoms with Crippen molar-refractivity contribution in [2.24, 2.45) is 0 Å². The lowest BCUT2D eigenvalue weighted by atomic mass is 9.97. The summed E-state index contributed by atoms with van der Waals surface area (Å²) >= 11 is 0. The first-order valence-electron chi connectivity index (χ1n) is 7.77. The molecule has 0 bridgehead atoms. The highest BCUT2D eigenvalue weighted by molar-refractivity contribution is 5.74. The van der Waals surface area contributed by atoms with E-state index in [4.69, 9.17) is 4.74 Å². The molecule has 118 valence electrons. The molecule has 3 rings (SSSR count). The summed E-state index contributed by atoms with van der Waals surface area (Å²) in [5, 5.41) is 9.69. The van der Waals surface area contributed by atoms with Crippen molar-refractivity contribution in [2.45, 2.75) is 19.9 Å². The second-order valence-corrected chi connectivity index (χ2v) is 5.34. The van der Waals surface area contributed by atoms with E-state index in [0.717, 1.165) is 35.4 Å². The Hall–Kier alpha value is -2.75. The summed E-state index contributed by atoms with van der Waals surface area (Å²) in [5.74, 6) is 1.15. The minimum Gasteiger partial charge on any atom is -0.508 e. The normalized spacial score (nSPS) is 10.7. The molecular weight excluding hydrogens is 288 g/mol. The lowest BCUT2D eigenvalue weighted by molar-refractivity contribution is 0.299. The van der Waals surface area contributed by atoms with E-state index in [-0.39, 0.29) is 0 Å². The Bertz CT molecular complexity index is 767. The molecule has 0 aliphatic heterocycles. The van der Waals surface area contributed by atoms with Crippen LogP contribution in [0.1, 0.15) is 12.5 Å². The van der Waals surface area contributed by atoms with E-state index in [1.165, 1.54) is 0 Å². The Morgan fingerprint density at radius 1 is 1.13 bits per heavy atom. The molecule has 4 heteroatoms. The maximum absolute atomic E-state index is 9.69. The minimum atomic E-state index is 0.295. The molecule has 0 saturated heterocycles. The first kappa shape index (κ1) is 15.2. The van der Waals surface area contributed by atoms with Crippen molar-refractivity contribution in [3.63, 3.8) is 0 Å². The van der Waals surface area contributed by atoms with Crippen molar-refractivity contribution in [3.8, 4) is 22.6 Å². The average molecular weight is 308 g/mol. The molecule has 0 aliphatic carbocycles. The molecule has 23 heavy (non-hydrogen) atoms. The van der Waals surface area contributed by atoms with Gasteiger partial charge in [0.05, 0.1) is 12.9 Å². The summed E-state index contributed by atoms with van der Waals surface area (Å²) in [6, 6.07) is 13.5. The molecule has 3 aromatic rings. The highest BCUT2D eigenvalue weighted by atomic mass is 16.5. The van der Waals surface area contributed by atoms with Gasteiger partial charge >= 0.3 is 0 Å². The van der Waals surface area contributed by atoms with Crippen molar-refractivity contribution in [1.29, 1.82) is 0 Å². The third-order valence-electron chi connectivity index (χ3n) is 3.81. The Labute approximate surface area is 136 Å². The van der Waals surface area contributed by atoms with Crippen LogP contribution in [0.15, 0.2) is 61.2 Å². The fraction of sp³-hybridized carbons (Fsp3) is 0.211. The van der Waals surface area contributed by atoms with Crippen LogP contribution in [0.5, 0.6) is 11.5 Å². The molecule has 0 spiro atoms. The number of nitrogens with zero attached hydrogens (tertiary/aromatic N) is 2. The van der Waals surface area contributed by atoms with Gasteiger partial charge in [0.1, 0.15) is 18.1 Å². The molecule has 4 nitrogen and oxygen atoms in total. The number of aromatic nitrogens is 2. The largest absolute Gasteiger partial charge is 0.508 e. The maximum Gasteiger partial charge on any atom is 0.127 e. The van der Waals surface area contributed by atoms with E-state index in [1.54, 1.807) is 18.6 Å². The van der Waals surface area contributed by atoms with Crippen molar-refractivity contribution in [2.75, 3.05) is 6.61 Å². The number of aryl methyl sites for hydroxylation is 1. The molecule has 0 fully saturated rings. The Balaban J connectivity index is 1.83. The third kappa shape index (κ3) is 3.54. The van der Waals surface area contributed by atoms with Crippen LogP contribution >= 0.6 is 0 Å². The summed E-state index contributed by atoms with van der Waals surface area (Å²) in [6.07, 6.45) is 6.32. The van der Waals surface area contributed by atoms with Gasteiger partial charge in [-0.25, -0.2) is 4.98 Å². The van der Waals surface area contributed by atoms with E-state index in [0.29, 0.717) is 12.4 Å². The SMILES string of the molecule is CCc1cc(O)ccc1-c1ccccc1OCCn1ccnc1. The zero-order valence-corrected chi connectivity index (χ0v) is 13.1. The molecule has 0 atom stereocenters. The van der Waals surface area contributed by atoms with Crippen LogP contribution in [-0.4, -0.2) is 21.3 Å². The van der Waals surface area contributed by atoms with Gasteiger partial charge in [-0.15, -0.1) is 0 Å². The topological polar surface area (TPSA) is 47.3 Å². The average Bonchev–Trinajstić information content (AvgIpc) is 3.09. The van der Waals surface area contributed by atoms with Crippen LogP contribution in [0, 0.1) is 0 Å². The smallest absolute Gasteiger partial charge is 0.127 e. The number of benzene rings is 2. The van der Waals surface area contributed by atoms with Gasteiger partial charge in [-0.05, 0) is 35.7 Å². The van der Waals surface area contributed by atoms with Gasteiger partial charge in [0.15, 0.2) is 0 Å². The van der Waals surface area contributed by atoms with Crippen LogP contribution < -0.4 is 4.74 Å². The molecule has 0 amide bonds. The number of imidazole rings is 1. The Morgan fingerprint density at radius 2 is 2.00 bits per heavy atom. The summed E-state index contributed by atoms with van der Waals surface area (Å²) in [5.41, 5.74) is 3.26. The first-order valence-corrected chi connectivity index (χ1v) is 7.77. The molecular formula is C19H20N2O2. The zero-order chi connectivity index (χ0) is 16.1. The number of phenolic OH excluding ortho intramolecular Hbond substituents is 1. The highest BCUT2D eigenvalue weighted by Gasteiger charge is 2.10. The number of ether oxygens (including phenoxy) is 1. The van der Waals surface area contributed by atoms with Crippen LogP contribution in [0.2, 0.25) is 0 Å². The maximum atomic E-state index is 9.69. The monoisotopic (exact) mass is 308 g/mol. The molecule has 1 aromatic heterocycles. The van der Waals surface area contributed by atoms with Gasteiger partial charge in [0.2, 0.25) is 0 Å². The van der Waals surface area contributed by atoms with Gasteiger partial charge in [0, 0.05) is 18.0 Å². The number of rotatable bonds is 6. The summed E-state index contributed by atoms with van der Waals surface area (Å²) < 4.78 is 7.97. The Morgan fingerprint density at radius 3 is 2.78 bits per heavy atom. The second kappa shape index (κ2) is 7.01. The van der Waals surface area contributed by atoms with Gasteiger partial charge in [-0.2, -0.15) is 0 Å². The predicted molar refractivity (Wildman–Crippen MR) is 90.6 cm³/mol. The quantitative estimate of drug-likeness (QED) is 0.751. The Kier molecular flexibility index (Phi) is 4.62. The number of aromatic hydroxyl groups is 1. The van der Waals surface area contributed by atoms with E-state index < -0.39 is 0 Å². The number of para-hydroxylation sites is 1. The van der Waals surface area contributed by atoms with Gasteiger partial charge in [-0.1, -0.05) is 31.2 Å². The fourth-order valence-electron chi connectivity index (χ4n) is 2.63. The predicted octanol–water partition coefficient (Wildman–Crippen LogP) is 3.90. The van der Waals surface area contributed by atoms with Gasteiger partial charge in [-0.3, -0.25) is 0 Å². The highest BCUT2D eigenvalue weighted by Crippen LogP contribution is 2.34. The summed E-state index contributed by atoms with van der Waals surface area (Å²) in [7, 11) is 0. The molecule has 0 unspecified atom stereocenters. The van der Waals surface area contributed by atoms with Crippen LogP contribution in [0.25, 0.3) is 11.1 Å². The van der Waals surface area contributed by atoms with E-state index in [2.05, 4.69) is 18.0 Å². The molecule has 1 N–H and O–H groups in total.